The normalized spacial score (nSPS) is 20.5. The molecule has 0 N–H and O–H groups in total. The van der Waals surface area contributed by atoms with Crippen molar-refractivity contribution in [2.75, 3.05) is 6.61 Å². The van der Waals surface area contributed by atoms with Gasteiger partial charge in [-0.2, -0.15) is 0 Å². The molecule has 0 unspecified atom stereocenters. The van der Waals surface area contributed by atoms with Crippen LogP contribution in [0.4, 0.5) is 0 Å². The molecule has 0 bridgehead atoms. The predicted octanol–water partition coefficient (Wildman–Crippen LogP) is 7.13. The van der Waals surface area contributed by atoms with Crippen molar-refractivity contribution in [3.05, 3.63) is 71.8 Å². The third-order valence-electron chi connectivity index (χ3n) is 5.69. The van der Waals surface area contributed by atoms with Crippen LogP contribution >= 0.6 is 0 Å². The third kappa shape index (κ3) is 5.08. The zero-order chi connectivity index (χ0) is 18.2. The first-order chi connectivity index (χ1) is 12.8. The van der Waals surface area contributed by atoms with Crippen molar-refractivity contribution in [3.8, 4) is 11.1 Å². The molecular formula is C25H32O. The lowest BCUT2D eigenvalue weighted by Crippen LogP contribution is -2.12. The molecule has 138 valence electrons. The Bertz CT molecular complexity index is 673. The number of hydrogen-bond donors (Lipinski definition) is 0. The molecule has 0 aromatic heterocycles. The second kappa shape index (κ2) is 9.73. The van der Waals surface area contributed by atoms with Crippen molar-refractivity contribution in [2.45, 2.75) is 58.5 Å². The van der Waals surface area contributed by atoms with Crippen LogP contribution in [0.5, 0.6) is 0 Å². The summed E-state index contributed by atoms with van der Waals surface area (Å²) in [6.45, 7) is 5.62. The highest BCUT2D eigenvalue weighted by atomic mass is 16.5. The molecule has 0 radical (unpaired) electrons. The van der Waals surface area contributed by atoms with Crippen molar-refractivity contribution in [1.82, 2.24) is 0 Å². The summed E-state index contributed by atoms with van der Waals surface area (Å²) in [6.07, 6.45) is 11.2. The molecule has 0 atom stereocenters. The predicted molar refractivity (Wildman–Crippen MR) is 111 cm³/mol. The van der Waals surface area contributed by atoms with E-state index in [1.165, 1.54) is 54.4 Å². The summed E-state index contributed by atoms with van der Waals surface area (Å²) < 4.78 is 5.47. The van der Waals surface area contributed by atoms with Gasteiger partial charge in [0, 0.05) is 6.61 Å². The first-order valence-electron chi connectivity index (χ1n) is 10.2. The van der Waals surface area contributed by atoms with E-state index in [-0.39, 0.29) is 0 Å². The summed E-state index contributed by atoms with van der Waals surface area (Å²) >= 11 is 0. The van der Waals surface area contributed by atoms with Crippen LogP contribution in [-0.4, -0.2) is 6.61 Å². The summed E-state index contributed by atoms with van der Waals surface area (Å²) in [4.78, 5) is 0. The maximum Gasteiger partial charge on any atom is 0.0716 e. The molecular weight excluding hydrogens is 316 g/mol. The largest absolute Gasteiger partial charge is 0.377 e. The van der Waals surface area contributed by atoms with Gasteiger partial charge in [-0.05, 0) is 80.0 Å². The van der Waals surface area contributed by atoms with Crippen LogP contribution in [0, 0.1) is 5.92 Å². The van der Waals surface area contributed by atoms with Crippen LogP contribution in [0.25, 0.3) is 11.1 Å². The van der Waals surface area contributed by atoms with Crippen molar-refractivity contribution in [1.29, 1.82) is 0 Å². The van der Waals surface area contributed by atoms with Crippen LogP contribution in [0.1, 0.15) is 63.0 Å². The molecule has 0 amide bonds. The molecule has 1 heteroatoms. The molecule has 0 aliphatic heterocycles. The minimum absolute atomic E-state index is 0.701. The molecule has 1 nitrogen and oxygen atoms in total. The highest BCUT2D eigenvalue weighted by Crippen LogP contribution is 2.37. The summed E-state index contributed by atoms with van der Waals surface area (Å²) in [7, 11) is 0. The standard InChI is InChI=1S/C25H32O/c1-3-5-6-20-7-11-22(12-8-20)24-15-17-25(18-16-24)23-13-9-21(10-14-23)19-26-4-2/h3,5,9-10,13-18,20,22H,4,6-8,11-12,19H2,1-2H3/b5-3+. The van der Waals surface area contributed by atoms with Gasteiger partial charge in [-0.15, -0.1) is 0 Å². The summed E-state index contributed by atoms with van der Waals surface area (Å²) in [5, 5.41) is 0. The quantitative estimate of drug-likeness (QED) is 0.484. The van der Waals surface area contributed by atoms with E-state index < -0.39 is 0 Å². The fourth-order valence-corrected chi connectivity index (χ4v) is 4.02. The molecule has 2 aromatic carbocycles. The third-order valence-corrected chi connectivity index (χ3v) is 5.69. The van der Waals surface area contributed by atoms with E-state index in [0.717, 1.165) is 18.4 Å². The molecule has 0 heterocycles. The highest BCUT2D eigenvalue weighted by molar-refractivity contribution is 5.64. The molecule has 0 saturated heterocycles. The Morgan fingerprint density at radius 3 is 2.08 bits per heavy atom. The van der Waals surface area contributed by atoms with E-state index in [4.69, 9.17) is 4.74 Å². The average molecular weight is 349 g/mol. The second-order valence-corrected chi connectivity index (χ2v) is 7.48. The van der Waals surface area contributed by atoms with Gasteiger partial charge in [0.2, 0.25) is 0 Å². The lowest BCUT2D eigenvalue weighted by Gasteiger charge is -2.28. The maximum absolute atomic E-state index is 5.47. The molecule has 1 saturated carbocycles. The SMILES string of the molecule is C/C=C/CC1CCC(c2ccc(-c3ccc(COCC)cc3)cc2)CC1. The van der Waals surface area contributed by atoms with Gasteiger partial charge in [0.05, 0.1) is 6.61 Å². The number of rotatable bonds is 7. The summed E-state index contributed by atoms with van der Waals surface area (Å²) in [5.74, 6) is 1.65. The second-order valence-electron chi connectivity index (χ2n) is 7.48. The fraction of sp³-hybridized carbons (Fsp3) is 0.440. The topological polar surface area (TPSA) is 9.23 Å². The van der Waals surface area contributed by atoms with Crippen LogP contribution < -0.4 is 0 Å². The maximum atomic E-state index is 5.47. The fourth-order valence-electron chi connectivity index (χ4n) is 4.02. The van der Waals surface area contributed by atoms with Gasteiger partial charge in [-0.3, -0.25) is 0 Å². The summed E-state index contributed by atoms with van der Waals surface area (Å²) in [6, 6.07) is 18.0. The van der Waals surface area contributed by atoms with E-state index in [1.807, 2.05) is 6.92 Å². The van der Waals surface area contributed by atoms with Crippen LogP contribution in [0.2, 0.25) is 0 Å². The van der Waals surface area contributed by atoms with Crippen LogP contribution in [-0.2, 0) is 11.3 Å². The molecule has 1 aliphatic carbocycles. The van der Waals surface area contributed by atoms with Crippen molar-refractivity contribution in [2.24, 2.45) is 5.92 Å². The smallest absolute Gasteiger partial charge is 0.0716 e. The molecule has 26 heavy (non-hydrogen) atoms. The molecule has 3 rings (SSSR count). The minimum Gasteiger partial charge on any atom is -0.377 e. The highest BCUT2D eigenvalue weighted by Gasteiger charge is 2.21. The van der Waals surface area contributed by atoms with E-state index in [2.05, 4.69) is 67.6 Å². The Morgan fingerprint density at radius 1 is 0.885 bits per heavy atom. The average Bonchev–Trinajstić information content (AvgIpc) is 2.72. The zero-order valence-electron chi connectivity index (χ0n) is 16.3. The van der Waals surface area contributed by atoms with E-state index in [1.54, 1.807) is 0 Å². The first-order valence-corrected chi connectivity index (χ1v) is 10.2. The van der Waals surface area contributed by atoms with Gasteiger partial charge in [0.15, 0.2) is 0 Å². The van der Waals surface area contributed by atoms with Crippen molar-refractivity contribution in [3.63, 3.8) is 0 Å². The first kappa shape index (κ1) is 18.9. The van der Waals surface area contributed by atoms with E-state index in [9.17, 15) is 0 Å². The number of ether oxygens (including phenoxy) is 1. The van der Waals surface area contributed by atoms with Crippen LogP contribution in [0.15, 0.2) is 60.7 Å². The molecule has 1 aliphatic rings. The van der Waals surface area contributed by atoms with Gasteiger partial charge in [-0.25, -0.2) is 0 Å². The Hall–Kier alpha value is -1.86. The van der Waals surface area contributed by atoms with Gasteiger partial charge in [-0.1, -0.05) is 60.7 Å². The lowest BCUT2D eigenvalue weighted by atomic mass is 9.77. The Morgan fingerprint density at radius 2 is 1.50 bits per heavy atom. The van der Waals surface area contributed by atoms with Gasteiger partial charge in [0.25, 0.3) is 0 Å². The number of hydrogen-bond acceptors (Lipinski definition) is 1. The molecule has 2 aromatic rings. The minimum atomic E-state index is 0.701. The van der Waals surface area contributed by atoms with Gasteiger partial charge in [0.1, 0.15) is 0 Å². The molecule has 1 fully saturated rings. The van der Waals surface area contributed by atoms with Crippen molar-refractivity contribution < 1.29 is 4.74 Å². The summed E-state index contributed by atoms with van der Waals surface area (Å²) in [5.41, 5.74) is 5.35. The Balaban J connectivity index is 1.58. The van der Waals surface area contributed by atoms with E-state index >= 15 is 0 Å². The van der Waals surface area contributed by atoms with Gasteiger partial charge >= 0.3 is 0 Å². The Labute approximate surface area is 159 Å². The van der Waals surface area contributed by atoms with Crippen LogP contribution in [0.3, 0.4) is 0 Å². The number of allylic oxidation sites excluding steroid dienone is 2. The monoisotopic (exact) mass is 348 g/mol. The van der Waals surface area contributed by atoms with E-state index in [0.29, 0.717) is 6.61 Å². The van der Waals surface area contributed by atoms with Crippen molar-refractivity contribution >= 4 is 0 Å². The number of benzene rings is 2. The molecule has 0 spiro atoms. The lowest BCUT2D eigenvalue weighted by molar-refractivity contribution is 0.134. The Kier molecular flexibility index (Phi) is 7.08. The zero-order valence-corrected chi connectivity index (χ0v) is 16.3. The van der Waals surface area contributed by atoms with Gasteiger partial charge < -0.3 is 4.74 Å².